The van der Waals surface area contributed by atoms with Crippen molar-refractivity contribution < 1.29 is 5.11 Å². The quantitative estimate of drug-likeness (QED) is 0.844. The Balaban J connectivity index is 1.71. The van der Waals surface area contributed by atoms with Crippen LogP contribution in [0.15, 0.2) is 24.3 Å². The van der Waals surface area contributed by atoms with E-state index in [0.717, 1.165) is 36.1 Å². The average molecular weight is 273 g/mol. The molecule has 0 radical (unpaired) electrons. The third kappa shape index (κ3) is 2.72. The Morgan fingerprint density at radius 3 is 2.90 bits per heavy atom. The zero-order chi connectivity index (χ0) is 13.9. The summed E-state index contributed by atoms with van der Waals surface area (Å²) in [5.41, 5.74) is 2.19. The van der Waals surface area contributed by atoms with Crippen molar-refractivity contribution in [1.29, 1.82) is 0 Å². The molecule has 0 amide bonds. The number of imidazole rings is 1. The first kappa shape index (κ1) is 13.6. The second kappa shape index (κ2) is 5.94. The van der Waals surface area contributed by atoms with Gasteiger partial charge in [-0.05, 0) is 25.0 Å². The maximum Gasteiger partial charge on any atom is 0.123 e. The highest BCUT2D eigenvalue weighted by Crippen LogP contribution is 2.19. The van der Waals surface area contributed by atoms with Gasteiger partial charge >= 0.3 is 0 Å². The van der Waals surface area contributed by atoms with Crippen LogP contribution in [0.1, 0.15) is 37.9 Å². The molecule has 0 aliphatic heterocycles. The zero-order valence-corrected chi connectivity index (χ0v) is 12.0. The van der Waals surface area contributed by atoms with E-state index in [0.29, 0.717) is 6.54 Å². The van der Waals surface area contributed by atoms with Crippen molar-refractivity contribution in [3.05, 3.63) is 30.1 Å². The second-order valence-corrected chi connectivity index (χ2v) is 5.77. The van der Waals surface area contributed by atoms with Crippen LogP contribution in [0.25, 0.3) is 11.0 Å². The summed E-state index contributed by atoms with van der Waals surface area (Å²) in [5.74, 6) is 1.03. The number of hydrogen-bond acceptors (Lipinski definition) is 3. The lowest BCUT2D eigenvalue weighted by molar-refractivity contribution is 0.119. The molecule has 1 aromatic carbocycles. The van der Waals surface area contributed by atoms with Crippen LogP contribution in [0.2, 0.25) is 0 Å². The maximum absolute atomic E-state index is 10.1. The number of fused-ring (bicyclic) bond motifs is 1. The van der Waals surface area contributed by atoms with Crippen molar-refractivity contribution in [2.75, 3.05) is 0 Å². The van der Waals surface area contributed by atoms with E-state index in [9.17, 15) is 5.11 Å². The Morgan fingerprint density at radius 1 is 1.25 bits per heavy atom. The summed E-state index contributed by atoms with van der Waals surface area (Å²) in [6.07, 6.45) is 5.35. The first-order chi connectivity index (χ1) is 9.75. The fourth-order valence-electron chi connectivity index (χ4n) is 3.10. The molecule has 0 spiro atoms. The van der Waals surface area contributed by atoms with E-state index in [4.69, 9.17) is 0 Å². The highest BCUT2D eigenvalue weighted by molar-refractivity contribution is 5.75. The van der Waals surface area contributed by atoms with Crippen molar-refractivity contribution in [2.24, 2.45) is 7.05 Å². The fraction of sp³-hybridized carbons (Fsp3) is 0.562. The van der Waals surface area contributed by atoms with Crippen LogP contribution in [0, 0.1) is 0 Å². The number of benzene rings is 1. The minimum atomic E-state index is -0.216. The number of nitrogens with one attached hydrogen (secondary N) is 1. The minimum absolute atomic E-state index is 0.206. The normalized spacial score (nSPS) is 23.9. The number of aromatic nitrogens is 2. The van der Waals surface area contributed by atoms with Crippen molar-refractivity contribution in [3.63, 3.8) is 0 Å². The van der Waals surface area contributed by atoms with Gasteiger partial charge in [0.2, 0.25) is 0 Å². The summed E-state index contributed by atoms with van der Waals surface area (Å²) in [6, 6.07) is 8.39. The highest BCUT2D eigenvalue weighted by atomic mass is 16.3. The summed E-state index contributed by atoms with van der Waals surface area (Å²) in [4.78, 5) is 4.66. The van der Waals surface area contributed by atoms with Crippen molar-refractivity contribution in [3.8, 4) is 0 Å². The van der Waals surface area contributed by atoms with Crippen molar-refractivity contribution in [2.45, 2.75) is 50.8 Å². The minimum Gasteiger partial charge on any atom is -0.392 e. The van der Waals surface area contributed by atoms with E-state index in [-0.39, 0.29) is 12.1 Å². The van der Waals surface area contributed by atoms with Gasteiger partial charge in [0.1, 0.15) is 5.82 Å². The molecule has 2 atom stereocenters. The molecule has 0 saturated heterocycles. The van der Waals surface area contributed by atoms with Crippen LogP contribution in [0.3, 0.4) is 0 Å². The van der Waals surface area contributed by atoms with Crippen molar-refractivity contribution >= 4 is 11.0 Å². The molecular formula is C16H23N3O. The lowest BCUT2D eigenvalue weighted by Gasteiger charge is -2.21. The average Bonchev–Trinajstić information content (AvgIpc) is 2.64. The van der Waals surface area contributed by atoms with E-state index in [1.54, 1.807) is 0 Å². The number of para-hydroxylation sites is 2. The standard InChI is InChI=1S/C16H23N3O/c1-19-14-9-6-5-7-12(14)18-16(19)11-17-13-8-3-2-4-10-15(13)20/h5-7,9,13,15,17,20H,2-4,8,10-11H2,1H3. The molecule has 2 unspecified atom stereocenters. The molecular weight excluding hydrogens is 250 g/mol. The first-order valence-corrected chi connectivity index (χ1v) is 7.57. The summed E-state index contributed by atoms with van der Waals surface area (Å²) in [6.45, 7) is 0.715. The number of aliphatic hydroxyl groups is 1. The van der Waals surface area contributed by atoms with Gasteiger partial charge in [0.05, 0.1) is 23.7 Å². The fourth-order valence-corrected chi connectivity index (χ4v) is 3.10. The molecule has 108 valence electrons. The Morgan fingerprint density at radius 2 is 2.05 bits per heavy atom. The molecule has 3 rings (SSSR count). The summed E-state index contributed by atoms with van der Waals surface area (Å²) in [5, 5.41) is 13.6. The molecule has 4 heteroatoms. The molecule has 1 heterocycles. The van der Waals surface area contributed by atoms with Crippen LogP contribution in [-0.4, -0.2) is 26.8 Å². The number of aryl methyl sites for hydroxylation is 1. The Hall–Kier alpha value is -1.39. The SMILES string of the molecule is Cn1c(CNC2CCCCCC2O)nc2ccccc21. The molecule has 2 aromatic rings. The topological polar surface area (TPSA) is 50.1 Å². The van der Waals surface area contributed by atoms with Gasteiger partial charge in [0.15, 0.2) is 0 Å². The molecule has 1 aliphatic carbocycles. The summed E-state index contributed by atoms with van der Waals surface area (Å²) >= 11 is 0. The second-order valence-electron chi connectivity index (χ2n) is 5.77. The van der Waals surface area contributed by atoms with Gasteiger partial charge in [-0.1, -0.05) is 31.4 Å². The van der Waals surface area contributed by atoms with E-state index < -0.39 is 0 Å². The smallest absolute Gasteiger partial charge is 0.123 e. The van der Waals surface area contributed by atoms with Gasteiger partial charge in [0.25, 0.3) is 0 Å². The largest absolute Gasteiger partial charge is 0.392 e. The lowest BCUT2D eigenvalue weighted by Crippen LogP contribution is -2.39. The van der Waals surface area contributed by atoms with Crippen molar-refractivity contribution in [1.82, 2.24) is 14.9 Å². The summed E-state index contributed by atoms with van der Waals surface area (Å²) < 4.78 is 2.13. The van der Waals surface area contributed by atoms with E-state index in [1.165, 1.54) is 12.8 Å². The van der Waals surface area contributed by atoms with Gasteiger partial charge in [-0.2, -0.15) is 0 Å². The number of rotatable bonds is 3. The molecule has 1 aromatic heterocycles. The Kier molecular flexibility index (Phi) is 4.03. The predicted octanol–water partition coefficient (Wildman–Crippen LogP) is 2.36. The van der Waals surface area contributed by atoms with Crippen LogP contribution in [0.4, 0.5) is 0 Å². The van der Waals surface area contributed by atoms with Gasteiger partial charge in [-0.3, -0.25) is 0 Å². The first-order valence-electron chi connectivity index (χ1n) is 7.57. The number of nitrogens with zero attached hydrogens (tertiary/aromatic N) is 2. The van der Waals surface area contributed by atoms with Crippen LogP contribution in [0.5, 0.6) is 0 Å². The lowest BCUT2D eigenvalue weighted by atomic mass is 10.1. The van der Waals surface area contributed by atoms with Crippen LogP contribution in [-0.2, 0) is 13.6 Å². The third-order valence-electron chi connectivity index (χ3n) is 4.38. The molecule has 2 N–H and O–H groups in total. The zero-order valence-electron chi connectivity index (χ0n) is 12.0. The predicted molar refractivity (Wildman–Crippen MR) is 80.4 cm³/mol. The van der Waals surface area contributed by atoms with Gasteiger partial charge in [-0.15, -0.1) is 0 Å². The van der Waals surface area contributed by atoms with E-state index >= 15 is 0 Å². The molecule has 0 bridgehead atoms. The van der Waals surface area contributed by atoms with Gasteiger partial charge in [0, 0.05) is 13.1 Å². The van der Waals surface area contributed by atoms with E-state index in [2.05, 4.69) is 28.0 Å². The molecule has 1 aliphatic rings. The number of aliphatic hydroxyl groups excluding tert-OH is 1. The Labute approximate surface area is 119 Å². The van der Waals surface area contributed by atoms with E-state index in [1.807, 2.05) is 18.2 Å². The maximum atomic E-state index is 10.1. The number of hydrogen-bond donors (Lipinski definition) is 2. The summed E-state index contributed by atoms with van der Waals surface area (Å²) in [7, 11) is 2.05. The molecule has 1 saturated carbocycles. The van der Waals surface area contributed by atoms with Gasteiger partial charge < -0.3 is 15.0 Å². The molecule has 20 heavy (non-hydrogen) atoms. The molecule has 1 fully saturated rings. The Bertz CT molecular complexity index is 578. The third-order valence-corrected chi connectivity index (χ3v) is 4.38. The monoisotopic (exact) mass is 273 g/mol. The molecule has 4 nitrogen and oxygen atoms in total. The van der Waals surface area contributed by atoms with Crippen LogP contribution < -0.4 is 5.32 Å². The van der Waals surface area contributed by atoms with Gasteiger partial charge in [-0.25, -0.2) is 4.98 Å². The highest BCUT2D eigenvalue weighted by Gasteiger charge is 2.21. The van der Waals surface area contributed by atoms with Crippen LogP contribution >= 0.6 is 0 Å².